The molecule has 1 heterocycles. The second kappa shape index (κ2) is 9.32. The molecule has 3 amide bonds. The maximum atomic E-state index is 12.9. The van der Waals surface area contributed by atoms with Gasteiger partial charge in [0.05, 0.1) is 16.8 Å². The summed E-state index contributed by atoms with van der Waals surface area (Å²) < 4.78 is 5.29. The van der Waals surface area contributed by atoms with Crippen LogP contribution in [0.5, 0.6) is 0 Å². The van der Waals surface area contributed by atoms with E-state index in [1.165, 1.54) is 6.92 Å². The predicted molar refractivity (Wildman–Crippen MR) is 125 cm³/mol. The largest absolute Gasteiger partial charge is 0.449 e. The smallest absolute Gasteiger partial charge is 0.339 e. The van der Waals surface area contributed by atoms with Gasteiger partial charge in [-0.1, -0.05) is 72.8 Å². The number of carbonyl (C=O) groups is 3. The molecule has 0 unspecified atom stereocenters. The second-order valence-corrected chi connectivity index (χ2v) is 7.42. The van der Waals surface area contributed by atoms with E-state index in [0.29, 0.717) is 16.6 Å². The Kier molecular flexibility index (Phi) is 6.13. The van der Waals surface area contributed by atoms with E-state index < -0.39 is 24.0 Å². The molecule has 4 rings (SSSR count). The number of hydrogen-bond donors (Lipinski definition) is 2. The number of aromatic nitrogens is 1. The topological polar surface area (TPSA) is 111 Å². The third-order valence-electron chi connectivity index (χ3n) is 5.12. The lowest BCUT2D eigenvalue weighted by Crippen LogP contribution is -2.42. The number of fused-ring (bicyclic) bond motifs is 1. The number of primary amides is 1. The summed E-state index contributed by atoms with van der Waals surface area (Å²) in [6.07, 6.45) is -1.20. The first-order chi connectivity index (χ1) is 15.9. The highest BCUT2D eigenvalue weighted by Crippen LogP contribution is 2.28. The van der Waals surface area contributed by atoms with Crippen molar-refractivity contribution in [1.82, 2.24) is 10.3 Å². The lowest BCUT2D eigenvalue weighted by atomic mass is 10.0. The minimum Gasteiger partial charge on any atom is -0.449 e. The Bertz CT molecular complexity index is 1340. The Hall–Kier alpha value is -4.52. The fraction of sp³-hybridized carbons (Fsp3) is 0.0769. The van der Waals surface area contributed by atoms with Crippen LogP contribution in [-0.4, -0.2) is 29.0 Å². The van der Waals surface area contributed by atoms with Gasteiger partial charge in [0, 0.05) is 10.9 Å². The van der Waals surface area contributed by atoms with Gasteiger partial charge in [0.1, 0.15) is 0 Å². The number of amides is 3. The number of nitrogens with one attached hydrogen (secondary N) is 1. The van der Waals surface area contributed by atoms with Crippen LogP contribution in [0.3, 0.4) is 0 Å². The van der Waals surface area contributed by atoms with Crippen LogP contribution < -0.4 is 11.1 Å². The highest BCUT2D eigenvalue weighted by atomic mass is 16.5. The second-order valence-electron chi connectivity index (χ2n) is 7.42. The van der Waals surface area contributed by atoms with Crippen LogP contribution in [-0.2, 0) is 9.53 Å². The molecule has 1 atom stereocenters. The molecule has 3 N–H and O–H groups in total. The summed E-state index contributed by atoms with van der Waals surface area (Å²) in [5.41, 5.74) is 9.42. The summed E-state index contributed by atoms with van der Waals surface area (Å²) >= 11 is 0. The Morgan fingerprint density at radius 1 is 0.848 bits per heavy atom. The maximum absolute atomic E-state index is 12.9. The van der Waals surface area contributed by atoms with Crippen LogP contribution in [0.25, 0.3) is 33.3 Å². The maximum Gasteiger partial charge on any atom is 0.339 e. The molecule has 0 aliphatic heterocycles. The molecule has 0 aliphatic carbocycles. The molecule has 0 aliphatic rings. The van der Waals surface area contributed by atoms with E-state index in [1.54, 1.807) is 24.3 Å². The van der Waals surface area contributed by atoms with Crippen LogP contribution >= 0.6 is 0 Å². The van der Waals surface area contributed by atoms with Crippen molar-refractivity contribution in [1.29, 1.82) is 0 Å². The summed E-state index contributed by atoms with van der Waals surface area (Å²) in [7, 11) is 0. The van der Waals surface area contributed by atoms with Gasteiger partial charge in [-0.05, 0) is 30.2 Å². The van der Waals surface area contributed by atoms with E-state index in [2.05, 4.69) is 0 Å². The Morgan fingerprint density at radius 2 is 1.45 bits per heavy atom. The van der Waals surface area contributed by atoms with E-state index in [9.17, 15) is 14.4 Å². The van der Waals surface area contributed by atoms with Gasteiger partial charge in [-0.15, -0.1) is 0 Å². The van der Waals surface area contributed by atoms with Gasteiger partial charge in [-0.25, -0.2) is 14.6 Å². The summed E-state index contributed by atoms with van der Waals surface area (Å²) in [6, 6.07) is 25.7. The van der Waals surface area contributed by atoms with Crippen LogP contribution in [0.4, 0.5) is 4.79 Å². The number of carbonyl (C=O) groups excluding carboxylic acids is 3. The first-order valence-electron chi connectivity index (χ1n) is 10.3. The average Bonchev–Trinajstić information content (AvgIpc) is 2.83. The van der Waals surface area contributed by atoms with Crippen LogP contribution in [0.15, 0.2) is 84.9 Å². The van der Waals surface area contributed by atoms with Crippen LogP contribution in [0.2, 0.25) is 0 Å². The minimum atomic E-state index is -1.20. The normalized spacial score (nSPS) is 11.5. The third kappa shape index (κ3) is 4.88. The summed E-state index contributed by atoms with van der Waals surface area (Å²) in [4.78, 5) is 40.5. The van der Waals surface area contributed by atoms with E-state index in [0.717, 1.165) is 16.7 Å². The standard InChI is InChI=1S/C26H21N3O4/c1-16(24(30)29-26(27)32)33-25(31)21-15-23(28-22-10-6-5-9-20(21)22)19-13-11-18(12-14-19)17-7-3-2-4-8-17/h2-16H,1H3,(H3,27,29,30,32)/t16-/m1/s1. The summed E-state index contributed by atoms with van der Waals surface area (Å²) in [5.74, 6) is -1.51. The van der Waals surface area contributed by atoms with E-state index in [-0.39, 0.29) is 5.56 Å². The molecule has 0 bridgehead atoms. The number of para-hydroxylation sites is 1. The molecule has 7 nitrogen and oxygen atoms in total. The van der Waals surface area contributed by atoms with Crippen molar-refractivity contribution in [3.63, 3.8) is 0 Å². The lowest BCUT2D eigenvalue weighted by molar-refractivity contribution is -0.127. The SMILES string of the molecule is C[C@@H](OC(=O)c1cc(-c2ccc(-c3ccccc3)cc2)nc2ccccc12)C(=O)NC(N)=O. The molecule has 0 spiro atoms. The molecular formula is C26H21N3O4. The molecule has 3 aromatic carbocycles. The molecule has 164 valence electrons. The van der Waals surface area contributed by atoms with Gasteiger partial charge in [0.25, 0.3) is 5.91 Å². The Morgan fingerprint density at radius 3 is 2.15 bits per heavy atom. The molecule has 0 saturated heterocycles. The van der Waals surface area contributed by atoms with Crippen molar-refractivity contribution in [2.75, 3.05) is 0 Å². The molecule has 4 aromatic rings. The van der Waals surface area contributed by atoms with Crippen LogP contribution in [0.1, 0.15) is 17.3 Å². The average molecular weight is 439 g/mol. The monoisotopic (exact) mass is 439 g/mol. The fourth-order valence-corrected chi connectivity index (χ4v) is 3.46. The van der Waals surface area contributed by atoms with Gasteiger partial charge in [0.2, 0.25) is 0 Å². The van der Waals surface area contributed by atoms with Gasteiger partial charge in [0.15, 0.2) is 6.10 Å². The molecule has 0 saturated carbocycles. The van der Waals surface area contributed by atoms with Crippen molar-refractivity contribution < 1.29 is 19.1 Å². The van der Waals surface area contributed by atoms with Gasteiger partial charge in [-0.3, -0.25) is 10.1 Å². The fourth-order valence-electron chi connectivity index (χ4n) is 3.46. The zero-order chi connectivity index (χ0) is 23.4. The number of pyridine rings is 1. The number of imide groups is 1. The number of esters is 1. The molecule has 7 heteroatoms. The van der Waals surface area contributed by atoms with Gasteiger partial charge in [-0.2, -0.15) is 0 Å². The Balaban J connectivity index is 1.68. The minimum absolute atomic E-state index is 0.265. The number of benzene rings is 3. The highest BCUT2D eigenvalue weighted by Gasteiger charge is 2.22. The van der Waals surface area contributed by atoms with Crippen molar-refractivity contribution in [3.05, 3.63) is 90.5 Å². The summed E-state index contributed by atoms with van der Waals surface area (Å²) in [5, 5.41) is 2.50. The van der Waals surface area contributed by atoms with Crippen molar-refractivity contribution in [2.24, 2.45) is 5.73 Å². The zero-order valence-corrected chi connectivity index (χ0v) is 17.8. The van der Waals surface area contributed by atoms with Crippen LogP contribution in [0, 0.1) is 0 Å². The summed E-state index contributed by atoms with van der Waals surface area (Å²) in [6.45, 7) is 1.36. The van der Waals surface area contributed by atoms with Gasteiger partial charge < -0.3 is 10.5 Å². The molecule has 1 aromatic heterocycles. The van der Waals surface area contributed by atoms with Gasteiger partial charge >= 0.3 is 12.0 Å². The number of rotatable bonds is 5. The first kappa shape index (κ1) is 21.7. The molecule has 0 fully saturated rings. The molecular weight excluding hydrogens is 418 g/mol. The first-order valence-corrected chi connectivity index (χ1v) is 10.3. The van der Waals surface area contributed by atoms with E-state index >= 15 is 0 Å². The lowest BCUT2D eigenvalue weighted by Gasteiger charge is -2.14. The predicted octanol–water partition coefficient (Wildman–Crippen LogP) is 4.31. The number of ether oxygens (including phenoxy) is 1. The Labute approximate surface area is 190 Å². The number of nitrogens with two attached hydrogens (primary N) is 1. The molecule has 33 heavy (non-hydrogen) atoms. The highest BCUT2D eigenvalue weighted by molar-refractivity contribution is 6.06. The van der Waals surface area contributed by atoms with E-state index in [4.69, 9.17) is 15.5 Å². The van der Waals surface area contributed by atoms with E-state index in [1.807, 2.05) is 66.0 Å². The zero-order valence-electron chi connectivity index (χ0n) is 17.8. The quantitative estimate of drug-likeness (QED) is 0.450. The van der Waals surface area contributed by atoms with Crippen molar-refractivity contribution in [2.45, 2.75) is 13.0 Å². The third-order valence-corrected chi connectivity index (χ3v) is 5.12. The molecule has 0 radical (unpaired) electrons. The van der Waals surface area contributed by atoms with Crippen molar-refractivity contribution in [3.8, 4) is 22.4 Å². The number of hydrogen-bond acceptors (Lipinski definition) is 5. The van der Waals surface area contributed by atoms with Crippen molar-refractivity contribution >= 4 is 28.8 Å². The number of nitrogens with zero attached hydrogens (tertiary/aromatic N) is 1. The number of urea groups is 1.